The fraction of sp³-hybridized carbons (Fsp3) is 0.250. The van der Waals surface area contributed by atoms with Crippen molar-refractivity contribution in [2.45, 2.75) is 6.42 Å². The van der Waals surface area contributed by atoms with Crippen molar-refractivity contribution in [3.05, 3.63) is 59.9 Å². The Kier molecular flexibility index (Phi) is 4.50. The van der Waals surface area contributed by atoms with Crippen LogP contribution in [-0.4, -0.2) is 41.9 Å². The predicted octanol–water partition coefficient (Wildman–Crippen LogP) is 2.24. The SMILES string of the molecule is Nc1ncccc1C(=O)c1cc2ccccc2c(N2CCCNCC2)n1. The molecular weight excluding hydrogens is 326 g/mol. The molecular formula is C20H21N5O. The zero-order chi connectivity index (χ0) is 17.9. The van der Waals surface area contributed by atoms with Gasteiger partial charge >= 0.3 is 0 Å². The summed E-state index contributed by atoms with van der Waals surface area (Å²) in [6.45, 7) is 3.68. The molecule has 26 heavy (non-hydrogen) atoms. The molecule has 132 valence electrons. The highest BCUT2D eigenvalue weighted by molar-refractivity contribution is 6.12. The summed E-state index contributed by atoms with van der Waals surface area (Å²) in [6, 6.07) is 13.3. The molecule has 0 amide bonds. The normalized spacial score (nSPS) is 15.0. The van der Waals surface area contributed by atoms with Crippen LogP contribution < -0.4 is 16.0 Å². The molecule has 0 spiro atoms. The number of fused-ring (bicyclic) bond motifs is 1. The summed E-state index contributed by atoms with van der Waals surface area (Å²) in [5.41, 5.74) is 6.68. The molecule has 3 heterocycles. The maximum absolute atomic E-state index is 13.0. The van der Waals surface area contributed by atoms with E-state index in [9.17, 15) is 4.79 Å². The third-order valence-corrected chi connectivity index (χ3v) is 4.68. The first-order valence-electron chi connectivity index (χ1n) is 8.85. The average molecular weight is 347 g/mol. The molecule has 0 saturated carbocycles. The lowest BCUT2D eigenvalue weighted by atomic mass is 10.0. The topological polar surface area (TPSA) is 84.1 Å². The van der Waals surface area contributed by atoms with E-state index in [2.05, 4.69) is 21.3 Å². The fourth-order valence-corrected chi connectivity index (χ4v) is 3.34. The van der Waals surface area contributed by atoms with Crippen molar-refractivity contribution in [2.75, 3.05) is 36.8 Å². The summed E-state index contributed by atoms with van der Waals surface area (Å²) >= 11 is 0. The highest BCUT2D eigenvalue weighted by atomic mass is 16.1. The summed E-state index contributed by atoms with van der Waals surface area (Å²) < 4.78 is 0. The number of carbonyl (C=O) groups is 1. The molecule has 1 fully saturated rings. The maximum Gasteiger partial charge on any atom is 0.215 e. The van der Waals surface area contributed by atoms with Crippen molar-refractivity contribution in [2.24, 2.45) is 0 Å². The van der Waals surface area contributed by atoms with Crippen LogP contribution in [0.1, 0.15) is 22.5 Å². The van der Waals surface area contributed by atoms with E-state index in [-0.39, 0.29) is 11.6 Å². The maximum atomic E-state index is 13.0. The van der Waals surface area contributed by atoms with Gasteiger partial charge in [0.1, 0.15) is 17.3 Å². The van der Waals surface area contributed by atoms with Crippen molar-refractivity contribution in [3.63, 3.8) is 0 Å². The number of nitrogen functional groups attached to an aromatic ring is 1. The predicted molar refractivity (Wildman–Crippen MR) is 104 cm³/mol. The van der Waals surface area contributed by atoms with Crippen molar-refractivity contribution in [3.8, 4) is 0 Å². The van der Waals surface area contributed by atoms with E-state index in [1.807, 2.05) is 24.3 Å². The Morgan fingerprint density at radius 1 is 1.12 bits per heavy atom. The summed E-state index contributed by atoms with van der Waals surface area (Å²) in [5.74, 6) is 0.890. The van der Waals surface area contributed by atoms with E-state index in [0.717, 1.165) is 49.2 Å². The molecule has 6 nitrogen and oxygen atoms in total. The molecule has 0 atom stereocenters. The van der Waals surface area contributed by atoms with Gasteiger partial charge in [0.25, 0.3) is 0 Å². The number of hydrogen-bond donors (Lipinski definition) is 2. The van der Waals surface area contributed by atoms with Crippen molar-refractivity contribution < 1.29 is 4.79 Å². The van der Waals surface area contributed by atoms with Crippen LogP contribution in [0.15, 0.2) is 48.7 Å². The number of anilines is 2. The largest absolute Gasteiger partial charge is 0.383 e. The molecule has 1 aromatic carbocycles. The first-order valence-corrected chi connectivity index (χ1v) is 8.85. The lowest BCUT2D eigenvalue weighted by Gasteiger charge is -2.23. The van der Waals surface area contributed by atoms with Crippen LogP contribution >= 0.6 is 0 Å². The van der Waals surface area contributed by atoms with E-state index < -0.39 is 0 Å². The molecule has 1 aliphatic heterocycles. The fourth-order valence-electron chi connectivity index (χ4n) is 3.34. The van der Waals surface area contributed by atoms with Gasteiger partial charge in [-0.3, -0.25) is 4.79 Å². The average Bonchev–Trinajstić information content (AvgIpc) is 2.96. The van der Waals surface area contributed by atoms with Gasteiger partial charge < -0.3 is 16.0 Å². The van der Waals surface area contributed by atoms with Crippen LogP contribution in [0.5, 0.6) is 0 Å². The van der Waals surface area contributed by atoms with E-state index in [4.69, 9.17) is 10.7 Å². The van der Waals surface area contributed by atoms with Crippen LogP contribution in [0.2, 0.25) is 0 Å². The summed E-state index contributed by atoms with van der Waals surface area (Å²) in [5, 5.41) is 5.47. The molecule has 0 unspecified atom stereocenters. The third-order valence-electron chi connectivity index (χ3n) is 4.68. The van der Waals surface area contributed by atoms with Gasteiger partial charge in [0, 0.05) is 31.2 Å². The Morgan fingerprint density at radius 2 is 2.00 bits per heavy atom. The molecule has 0 radical (unpaired) electrons. The molecule has 0 bridgehead atoms. The number of aromatic nitrogens is 2. The second-order valence-electron chi connectivity index (χ2n) is 6.41. The number of rotatable bonds is 3. The minimum absolute atomic E-state index is 0.199. The molecule has 3 N–H and O–H groups in total. The van der Waals surface area contributed by atoms with Crippen LogP contribution in [-0.2, 0) is 0 Å². The van der Waals surface area contributed by atoms with Gasteiger partial charge in [-0.25, -0.2) is 9.97 Å². The summed E-state index contributed by atoms with van der Waals surface area (Å²) in [6.07, 6.45) is 2.62. The highest BCUT2D eigenvalue weighted by Gasteiger charge is 2.20. The van der Waals surface area contributed by atoms with Gasteiger partial charge in [-0.05, 0) is 36.6 Å². The highest BCUT2D eigenvalue weighted by Crippen LogP contribution is 2.27. The Morgan fingerprint density at radius 3 is 2.88 bits per heavy atom. The number of ketones is 1. The molecule has 1 saturated heterocycles. The zero-order valence-electron chi connectivity index (χ0n) is 14.5. The lowest BCUT2D eigenvalue weighted by molar-refractivity contribution is 0.103. The minimum atomic E-state index is -0.199. The molecule has 2 aromatic heterocycles. The van der Waals surface area contributed by atoms with Crippen LogP contribution in [0, 0.1) is 0 Å². The standard InChI is InChI=1S/C20H21N5O/c21-19-16(7-3-9-23-19)18(26)17-13-14-5-1-2-6-15(14)20(24-17)25-11-4-8-22-10-12-25/h1-3,5-7,9,13,22H,4,8,10-12H2,(H2,21,23). The second-order valence-corrected chi connectivity index (χ2v) is 6.41. The van der Waals surface area contributed by atoms with Gasteiger partial charge in [0.05, 0.1) is 5.56 Å². The van der Waals surface area contributed by atoms with Gasteiger partial charge in [-0.15, -0.1) is 0 Å². The molecule has 1 aliphatic rings. The molecule has 3 aromatic rings. The summed E-state index contributed by atoms with van der Waals surface area (Å²) in [4.78, 5) is 24.0. The van der Waals surface area contributed by atoms with Crippen molar-refractivity contribution in [1.82, 2.24) is 15.3 Å². The first-order chi connectivity index (χ1) is 12.7. The quantitative estimate of drug-likeness (QED) is 0.707. The number of nitrogens with zero attached hydrogens (tertiary/aromatic N) is 3. The van der Waals surface area contributed by atoms with Crippen LogP contribution in [0.25, 0.3) is 10.8 Å². The zero-order valence-corrected chi connectivity index (χ0v) is 14.5. The lowest BCUT2D eigenvalue weighted by Crippen LogP contribution is -2.29. The molecule has 6 heteroatoms. The Balaban J connectivity index is 1.83. The second kappa shape index (κ2) is 7.09. The number of benzene rings is 1. The monoisotopic (exact) mass is 347 g/mol. The van der Waals surface area contributed by atoms with Crippen LogP contribution in [0.3, 0.4) is 0 Å². The number of carbonyl (C=O) groups excluding carboxylic acids is 1. The van der Waals surface area contributed by atoms with Gasteiger partial charge in [0.2, 0.25) is 5.78 Å². The first kappa shape index (κ1) is 16.5. The number of nitrogens with two attached hydrogens (primary N) is 1. The number of pyridine rings is 2. The Labute approximate surface area is 152 Å². The van der Waals surface area contributed by atoms with Gasteiger partial charge in [-0.2, -0.15) is 0 Å². The number of hydrogen-bond acceptors (Lipinski definition) is 6. The third kappa shape index (κ3) is 3.11. The van der Waals surface area contributed by atoms with Crippen LogP contribution in [0.4, 0.5) is 11.6 Å². The molecule has 0 aliphatic carbocycles. The van der Waals surface area contributed by atoms with E-state index in [1.165, 1.54) is 0 Å². The van der Waals surface area contributed by atoms with Crippen molar-refractivity contribution in [1.29, 1.82) is 0 Å². The Bertz CT molecular complexity index is 948. The van der Waals surface area contributed by atoms with E-state index in [0.29, 0.717) is 11.3 Å². The van der Waals surface area contributed by atoms with E-state index in [1.54, 1.807) is 18.3 Å². The van der Waals surface area contributed by atoms with Gasteiger partial charge in [-0.1, -0.05) is 24.3 Å². The Hall–Kier alpha value is -2.99. The molecule has 4 rings (SSSR count). The smallest absolute Gasteiger partial charge is 0.215 e. The minimum Gasteiger partial charge on any atom is -0.383 e. The van der Waals surface area contributed by atoms with E-state index >= 15 is 0 Å². The van der Waals surface area contributed by atoms with Gasteiger partial charge in [0.15, 0.2) is 0 Å². The summed E-state index contributed by atoms with van der Waals surface area (Å²) in [7, 11) is 0. The number of nitrogens with one attached hydrogen (secondary N) is 1. The van der Waals surface area contributed by atoms with Crippen molar-refractivity contribution >= 4 is 28.2 Å².